The molecule has 1 aliphatic heterocycles. The molecule has 1 fully saturated rings. The number of nitrogens with one attached hydrogen (secondary N) is 1. The number of hydrogen-bond acceptors (Lipinski definition) is 5. The van der Waals surface area contributed by atoms with Crippen LogP contribution in [-0.4, -0.2) is 66.9 Å². The van der Waals surface area contributed by atoms with Crippen molar-refractivity contribution in [3.8, 4) is 11.1 Å². The summed E-state index contributed by atoms with van der Waals surface area (Å²) in [6.45, 7) is 0.726. The number of rotatable bonds is 8. The average molecular weight is 481 g/mol. The number of carbonyl (C=O) groups is 3. The number of amides is 2. The van der Waals surface area contributed by atoms with Crippen LogP contribution in [0.1, 0.15) is 49.1 Å². The first-order chi connectivity index (χ1) is 17.0. The average Bonchev–Trinajstić information content (AvgIpc) is 3.00. The summed E-state index contributed by atoms with van der Waals surface area (Å²) in [7, 11) is 1.51. The van der Waals surface area contributed by atoms with Crippen molar-refractivity contribution in [2.75, 3.05) is 26.9 Å². The minimum atomic E-state index is -1.02. The van der Waals surface area contributed by atoms with Crippen LogP contribution < -0.4 is 5.32 Å². The van der Waals surface area contributed by atoms with Crippen LogP contribution in [0.25, 0.3) is 11.1 Å². The van der Waals surface area contributed by atoms with Gasteiger partial charge in [-0.2, -0.15) is 0 Å². The van der Waals surface area contributed by atoms with Crippen LogP contribution in [0.2, 0.25) is 0 Å². The van der Waals surface area contributed by atoms with Crippen molar-refractivity contribution in [1.82, 2.24) is 10.2 Å². The highest BCUT2D eigenvalue weighted by atomic mass is 16.5. The second-order valence-corrected chi connectivity index (χ2v) is 9.04. The number of aliphatic carboxylic acids is 1. The minimum Gasteiger partial charge on any atom is -0.480 e. The van der Waals surface area contributed by atoms with E-state index in [2.05, 4.69) is 17.4 Å². The molecule has 8 nitrogen and oxygen atoms in total. The Balaban J connectivity index is 1.45. The van der Waals surface area contributed by atoms with Gasteiger partial charge in [-0.05, 0) is 35.1 Å². The van der Waals surface area contributed by atoms with E-state index in [0.717, 1.165) is 41.5 Å². The van der Waals surface area contributed by atoms with Crippen LogP contribution in [0.4, 0.5) is 4.79 Å². The first-order valence-corrected chi connectivity index (χ1v) is 12.1. The Morgan fingerprint density at radius 1 is 1.03 bits per heavy atom. The summed E-state index contributed by atoms with van der Waals surface area (Å²) in [4.78, 5) is 39.3. The van der Waals surface area contributed by atoms with Crippen molar-refractivity contribution in [2.24, 2.45) is 0 Å². The molecule has 1 aliphatic carbocycles. The molecule has 0 aromatic heterocycles. The highest BCUT2D eigenvalue weighted by Crippen LogP contribution is 2.44. The molecule has 0 saturated carbocycles. The molecular formula is C27H32N2O6. The fourth-order valence-corrected chi connectivity index (χ4v) is 5.10. The van der Waals surface area contributed by atoms with Crippen molar-refractivity contribution in [3.63, 3.8) is 0 Å². The predicted octanol–water partition coefficient (Wildman–Crippen LogP) is 3.79. The highest BCUT2D eigenvalue weighted by Gasteiger charge is 2.35. The standard InChI is InChI=1S/C27H32N2O6/c1-34-16-14-23(25(30)29-15-8-2-3-13-24(29)26(31)32)28-27(33)35-17-22-20-11-6-4-9-18(20)19-10-5-7-12-21(19)22/h4-7,9-12,22-24H,2-3,8,13-17H2,1H3,(H,28,33)(H,31,32). The van der Waals surface area contributed by atoms with Gasteiger partial charge in [0.2, 0.25) is 5.91 Å². The summed E-state index contributed by atoms with van der Waals surface area (Å²) in [6.07, 6.45) is 2.28. The SMILES string of the molecule is COCCC(NC(=O)OCC1c2ccccc2-c2ccccc21)C(=O)N1CCCCCC1C(=O)O. The predicted molar refractivity (Wildman–Crippen MR) is 130 cm³/mol. The number of carboxylic acid groups (broad SMARTS) is 1. The van der Waals surface area contributed by atoms with E-state index >= 15 is 0 Å². The van der Waals surface area contributed by atoms with Gasteiger partial charge < -0.3 is 24.8 Å². The first kappa shape index (κ1) is 24.7. The number of hydrogen-bond donors (Lipinski definition) is 2. The van der Waals surface area contributed by atoms with Crippen LogP contribution in [0.3, 0.4) is 0 Å². The molecule has 2 amide bonds. The highest BCUT2D eigenvalue weighted by molar-refractivity contribution is 5.89. The van der Waals surface area contributed by atoms with Gasteiger partial charge in [-0.15, -0.1) is 0 Å². The van der Waals surface area contributed by atoms with Crippen LogP contribution >= 0.6 is 0 Å². The summed E-state index contributed by atoms with van der Waals surface area (Å²) < 4.78 is 10.7. The Bertz CT molecular complexity index is 1030. The molecular weight excluding hydrogens is 448 g/mol. The third kappa shape index (κ3) is 5.48. The van der Waals surface area contributed by atoms with Crippen molar-refractivity contribution in [2.45, 2.75) is 50.1 Å². The number of nitrogens with zero attached hydrogens (tertiary/aromatic N) is 1. The second-order valence-electron chi connectivity index (χ2n) is 9.04. The molecule has 2 unspecified atom stereocenters. The lowest BCUT2D eigenvalue weighted by Gasteiger charge is -2.31. The lowest BCUT2D eigenvalue weighted by molar-refractivity contribution is -0.151. The third-order valence-electron chi connectivity index (χ3n) is 6.87. The molecule has 0 bridgehead atoms. The summed E-state index contributed by atoms with van der Waals surface area (Å²) in [5, 5.41) is 12.3. The molecule has 2 N–H and O–H groups in total. The quantitative estimate of drug-likeness (QED) is 0.596. The number of carboxylic acids is 1. The van der Waals surface area contributed by atoms with E-state index in [-0.39, 0.29) is 25.6 Å². The van der Waals surface area contributed by atoms with E-state index < -0.39 is 30.1 Å². The first-order valence-electron chi connectivity index (χ1n) is 12.1. The van der Waals surface area contributed by atoms with Crippen LogP contribution in [-0.2, 0) is 19.1 Å². The molecule has 35 heavy (non-hydrogen) atoms. The smallest absolute Gasteiger partial charge is 0.407 e. The van der Waals surface area contributed by atoms with Crippen LogP contribution in [0.5, 0.6) is 0 Å². The molecule has 2 aromatic rings. The molecule has 0 radical (unpaired) electrons. The number of ether oxygens (including phenoxy) is 2. The summed E-state index contributed by atoms with van der Waals surface area (Å²) in [5.41, 5.74) is 4.46. The summed E-state index contributed by atoms with van der Waals surface area (Å²) >= 11 is 0. The zero-order chi connectivity index (χ0) is 24.8. The Morgan fingerprint density at radius 3 is 2.31 bits per heavy atom. The molecule has 2 aliphatic rings. The molecule has 8 heteroatoms. The topological polar surface area (TPSA) is 105 Å². The van der Waals surface area contributed by atoms with E-state index in [1.165, 1.54) is 12.0 Å². The minimum absolute atomic E-state index is 0.0942. The Morgan fingerprint density at radius 2 is 1.69 bits per heavy atom. The number of alkyl carbamates (subject to hydrolysis) is 1. The lowest BCUT2D eigenvalue weighted by Crippen LogP contribution is -2.54. The number of likely N-dealkylation sites (tertiary alicyclic amines) is 1. The molecule has 2 atom stereocenters. The normalized spacial score (nSPS) is 18.2. The third-order valence-corrected chi connectivity index (χ3v) is 6.87. The number of fused-ring (bicyclic) bond motifs is 3. The van der Waals surface area contributed by atoms with E-state index in [4.69, 9.17) is 9.47 Å². The van der Waals surface area contributed by atoms with Crippen molar-refractivity contribution < 1.29 is 29.0 Å². The monoisotopic (exact) mass is 480 g/mol. The molecule has 0 spiro atoms. The van der Waals surface area contributed by atoms with Gasteiger partial charge in [-0.3, -0.25) is 4.79 Å². The van der Waals surface area contributed by atoms with E-state index in [9.17, 15) is 19.5 Å². The summed E-state index contributed by atoms with van der Waals surface area (Å²) in [5.74, 6) is -1.53. The van der Waals surface area contributed by atoms with E-state index in [1.54, 1.807) is 0 Å². The maximum absolute atomic E-state index is 13.3. The maximum Gasteiger partial charge on any atom is 0.407 e. The zero-order valence-electron chi connectivity index (χ0n) is 19.9. The zero-order valence-corrected chi connectivity index (χ0v) is 19.9. The van der Waals surface area contributed by atoms with Gasteiger partial charge in [-0.25, -0.2) is 9.59 Å². The molecule has 186 valence electrons. The van der Waals surface area contributed by atoms with Crippen LogP contribution in [0.15, 0.2) is 48.5 Å². The summed E-state index contributed by atoms with van der Waals surface area (Å²) in [6, 6.07) is 14.3. The fraction of sp³-hybridized carbons (Fsp3) is 0.444. The van der Waals surface area contributed by atoms with Crippen molar-refractivity contribution in [3.05, 3.63) is 59.7 Å². The number of methoxy groups -OCH3 is 1. The van der Waals surface area contributed by atoms with Gasteiger partial charge in [0.05, 0.1) is 0 Å². The van der Waals surface area contributed by atoms with Gasteiger partial charge in [0, 0.05) is 32.6 Å². The number of carbonyl (C=O) groups excluding carboxylic acids is 2. The van der Waals surface area contributed by atoms with E-state index in [1.807, 2.05) is 36.4 Å². The fourth-order valence-electron chi connectivity index (χ4n) is 5.10. The van der Waals surface area contributed by atoms with Gasteiger partial charge >= 0.3 is 12.1 Å². The maximum atomic E-state index is 13.3. The van der Waals surface area contributed by atoms with Crippen LogP contribution in [0, 0.1) is 0 Å². The molecule has 2 aromatic carbocycles. The lowest BCUT2D eigenvalue weighted by atomic mass is 9.98. The molecule has 1 saturated heterocycles. The van der Waals surface area contributed by atoms with Gasteiger partial charge in [0.1, 0.15) is 18.7 Å². The van der Waals surface area contributed by atoms with Crippen molar-refractivity contribution >= 4 is 18.0 Å². The van der Waals surface area contributed by atoms with Gasteiger partial charge in [0.25, 0.3) is 0 Å². The number of benzene rings is 2. The van der Waals surface area contributed by atoms with E-state index in [0.29, 0.717) is 13.0 Å². The Kier molecular flexibility index (Phi) is 8.02. The van der Waals surface area contributed by atoms with Crippen molar-refractivity contribution in [1.29, 1.82) is 0 Å². The Labute approximate surface area is 205 Å². The largest absolute Gasteiger partial charge is 0.480 e. The second kappa shape index (κ2) is 11.4. The Hall–Kier alpha value is -3.39. The molecule has 4 rings (SSSR count). The van der Waals surface area contributed by atoms with Gasteiger partial charge in [0.15, 0.2) is 0 Å². The van der Waals surface area contributed by atoms with Gasteiger partial charge in [-0.1, -0.05) is 61.4 Å². The molecule has 1 heterocycles.